The number of aromatic nitrogens is 2. The van der Waals surface area contributed by atoms with Crippen molar-refractivity contribution in [2.75, 3.05) is 0 Å². The summed E-state index contributed by atoms with van der Waals surface area (Å²) in [5.74, 6) is 0.871. The first kappa shape index (κ1) is 10.5. The van der Waals surface area contributed by atoms with Gasteiger partial charge < -0.3 is 4.42 Å². The lowest BCUT2D eigenvalue weighted by Gasteiger charge is -1.97. The summed E-state index contributed by atoms with van der Waals surface area (Å²) in [6.07, 6.45) is 4.07. The number of imidazole rings is 1. The highest BCUT2D eigenvalue weighted by molar-refractivity contribution is 5.70. The van der Waals surface area contributed by atoms with E-state index >= 15 is 0 Å². The summed E-state index contributed by atoms with van der Waals surface area (Å²) < 4.78 is 8.34. The number of hydrogen-bond acceptors (Lipinski definition) is 3. The predicted octanol–water partition coefficient (Wildman–Crippen LogP) is 1.12. The van der Waals surface area contributed by atoms with Crippen molar-refractivity contribution in [2.45, 2.75) is 20.0 Å². The molecule has 0 amide bonds. The molecule has 0 aliphatic carbocycles. The molecule has 0 aliphatic rings. The highest BCUT2D eigenvalue weighted by Crippen LogP contribution is 2.06. The molecule has 2 aromatic heterocycles. The summed E-state index contributed by atoms with van der Waals surface area (Å²) in [7, 11) is 0. The SMILES string of the molecule is CCn1ccn(Cc2ccc(C=O)o2)c1=O. The van der Waals surface area contributed by atoms with E-state index in [1.165, 1.54) is 4.57 Å². The van der Waals surface area contributed by atoms with Gasteiger partial charge in [-0.05, 0) is 19.1 Å². The van der Waals surface area contributed by atoms with Crippen LogP contribution >= 0.6 is 0 Å². The fourth-order valence-corrected chi connectivity index (χ4v) is 1.53. The number of carbonyl (C=O) groups is 1. The Morgan fingerprint density at radius 3 is 2.62 bits per heavy atom. The zero-order valence-corrected chi connectivity index (χ0v) is 8.92. The average Bonchev–Trinajstić information content (AvgIpc) is 2.88. The van der Waals surface area contributed by atoms with Crippen LogP contribution in [0.5, 0.6) is 0 Å². The van der Waals surface area contributed by atoms with Crippen LogP contribution in [-0.2, 0) is 13.1 Å². The Morgan fingerprint density at radius 1 is 1.31 bits per heavy atom. The molecule has 0 atom stereocenters. The first-order valence-corrected chi connectivity index (χ1v) is 5.04. The van der Waals surface area contributed by atoms with Crippen LogP contribution in [0, 0.1) is 0 Å². The fourth-order valence-electron chi connectivity index (χ4n) is 1.53. The lowest BCUT2D eigenvalue weighted by Crippen LogP contribution is -2.23. The number of hydrogen-bond donors (Lipinski definition) is 0. The van der Waals surface area contributed by atoms with Crippen molar-refractivity contribution in [3.8, 4) is 0 Å². The third-order valence-electron chi connectivity index (χ3n) is 2.38. The van der Waals surface area contributed by atoms with Crippen molar-refractivity contribution in [3.05, 3.63) is 46.5 Å². The largest absolute Gasteiger partial charge is 0.456 e. The molecule has 2 aromatic rings. The molecule has 16 heavy (non-hydrogen) atoms. The Balaban J connectivity index is 2.23. The molecule has 84 valence electrons. The van der Waals surface area contributed by atoms with E-state index in [4.69, 9.17) is 4.42 Å². The number of nitrogens with zero attached hydrogens (tertiary/aromatic N) is 2. The van der Waals surface area contributed by atoms with E-state index in [1.54, 1.807) is 29.1 Å². The van der Waals surface area contributed by atoms with Crippen LogP contribution in [0.25, 0.3) is 0 Å². The number of carbonyl (C=O) groups excluding carboxylic acids is 1. The van der Waals surface area contributed by atoms with Gasteiger partial charge in [0.2, 0.25) is 0 Å². The Kier molecular flexibility index (Phi) is 2.76. The monoisotopic (exact) mass is 220 g/mol. The van der Waals surface area contributed by atoms with Gasteiger partial charge in [-0.15, -0.1) is 0 Å². The van der Waals surface area contributed by atoms with Crippen molar-refractivity contribution < 1.29 is 9.21 Å². The molecule has 0 fully saturated rings. The smallest absolute Gasteiger partial charge is 0.328 e. The van der Waals surface area contributed by atoms with Crippen molar-refractivity contribution in [2.24, 2.45) is 0 Å². The summed E-state index contributed by atoms with van der Waals surface area (Å²) >= 11 is 0. The molecule has 5 nitrogen and oxygen atoms in total. The highest BCUT2D eigenvalue weighted by Gasteiger charge is 2.05. The number of rotatable bonds is 4. The van der Waals surface area contributed by atoms with Gasteiger partial charge in [0.25, 0.3) is 0 Å². The van der Waals surface area contributed by atoms with Crippen LogP contribution < -0.4 is 5.69 Å². The Labute approximate surface area is 91.9 Å². The minimum Gasteiger partial charge on any atom is -0.456 e. The molecule has 0 N–H and O–H groups in total. The zero-order chi connectivity index (χ0) is 11.5. The molecule has 0 saturated carbocycles. The molecule has 0 unspecified atom stereocenters. The van der Waals surface area contributed by atoms with Gasteiger partial charge in [-0.2, -0.15) is 0 Å². The van der Waals surface area contributed by atoms with Crippen LogP contribution in [0.3, 0.4) is 0 Å². The summed E-state index contributed by atoms with van der Waals surface area (Å²) in [6, 6.07) is 3.28. The van der Waals surface area contributed by atoms with Crippen molar-refractivity contribution in [1.29, 1.82) is 0 Å². The first-order valence-electron chi connectivity index (χ1n) is 5.04. The summed E-state index contributed by atoms with van der Waals surface area (Å²) in [4.78, 5) is 22.1. The second-order valence-corrected chi connectivity index (χ2v) is 3.42. The highest BCUT2D eigenvalue weighted by atomic mass is 16.3. The van der Waals surface area contributed by atoms with E-state index in [0.717, 1.165) is 0 Å². The minimum atomic E-state index is -0.0773. The number of furan rings is 1. The van der Waals surface area contributed by atoms with E-state index in [-0.39, 0.29) is 11.4 Å². The molecule has 2 heterocycles. The molecule has 0 aliphatic heterocycles. The van der Waals surface area contributed by atoms with E-state index < -0.39 is 0 Å². The van der Waals surface area contributed by atoms with Gasteiger partial charge in [0, 0.05) is 18.9 Å². The molecule has 0 bridgehead atoms. The third-order valence-corrected chi connectivity index (χ3v) is 2.38. The standard InChI is InChI=1S/C11H12N2O3/c1-2-12-5-6-13(11(12)15)7-9-3-4-10(8-14)16-9/h3-6,8H,2,7H2,1H3. The van der Waals surface area contributed by atoms with Crippen molar-refractivity contribution in [3.63, 3.8) is 0 Å². The Morgan fingerprint density at radius 2 is 2.06 bits per heavy atom. The van der Waals surface area contributed by atoms with Gasteiger partial charge in [-0.1, -0.05) is 0 Å². The fraction of sp³-hybridized carbons (Fsp3) is 0.273. The molecular weight excluding hydrogens is 208 g/mol. The van der Waals surface area contributed by atoms with Gasteiger partial charge in [-0.25, -0.2) is 4.79 Å². The second kappa shape index (κ2) is 4.22. The second-order valence-electron chi connectivity index (χ2n) is 3.42. The number of aryl methyl sites for hydroxylation is 1. The van der Waals surface area contributed by atoms with Crippen LogP contribution in [-0.4, -0.2) is 15.4 Å². The Hall–Kier alpha value is -2.04. The molecule has 2 rings (SSSR count). The van der Waals surface area contributed by atoms with Gasteiger partial charge in [0.05, 0.1) is 6.54 Å². The van der Waals surface area contributed by atoms with Crippen LogP contribution in [0.15, 0.2) is 33.7 Å². The lowest BCUT2D eigenvalue weighted by atomic mass is 10.4. The summed E-state index contributed by atoms with van der Waals surface area (Å²) in [5, 5.41) is 0. The lowest BCUT2D eigenvalue weighted by molar-refractivity contribution is 0.109. The maximum Gasteiger partial charge on any atom is 0.328 e. The predicted molar refractivity (Wildman–Crippen MR) is 57.6 cm³/mol. The maximum atomic E-state index is 11.7. The van der Waals surface area contributed by atoms with Crippen LogP contribution in [0.2, 0.25) is 0 Å². The molecular formula is C11H12N2O3. The average molecular weight is 220 g/mol. The van der Waals surface area contributed by atoms with Gasteiger partial charge in [-0.3, -0.25) is 13.9 Å². The van der Waals surface area contributed by atoms with E-state index in [0.29, 0.717) is 25.1 Å². The topological polar surface area (TPSA) is 57.1 Å². The van der Waals surface area contributed by atoms with Gasteiger partial charge in [0.1, 0.15) is 5.76 Å². The molecule has 0 saturated heterocycles. The quantitative estimate of drug-likeness (QED) is 0.725. The molecule has 0 aromatic carbocycles. The van der Waals surface area contributed by atoms with Gasteiger partial charge in [0.15, 0.2) is 12.0 Å². The molecule has 5 heteroatoms. The van der Waals surface area contributed by atoms with Crippen LogP contribution in [0.1, 0.15) is 23.2 Å². The normalized spacial score (nSPS) is 10.6. The van der Waals surface area contributed by atoms with Crippen LogP contribution in [0.4, 0.5) is 0 Å². The van der Waals surface area contributed by atoms with Crippen molar-refractivity contribution >= 4 is 6.29 Å². The summed E-state index contributed by atoms with van der Waals surface area (Å²) in [5.41, 5.74) is -0.0773. The molecule has 0 radical (unpaired) electrons. The van der Waals surface area contributed by atoms with E-state index in [9.17, 15) is 9.59 Å². The minimum absolute atomic E-state index is 0.0773. The summed E-state index contributed by atoms with van der Waals surface area (Å²) in [6.45, 7) is 2.90. The van der Waals surface area contributed by atoms with Crippen molar-refractivity contribution in [1.82, 2.24) is 9.13 Å². The number of aldehydes is 1. The Bertz CT molecular complexity index is 548. The maximum absolute atomic E-state index is 11.7. The third kappa shape index (κ3) is 1.84. The van der Waals surface area contributed by atoms with E-state index in [1.807, 2.05) is 6.92 Å². The molecule has 0 spiro atoms. The van der Waals surface area contributed by atoms with E-state index in [2.05, 4.69) is 0 Å². The zero-order valence-electron chi connectivity index (χ0n) is 8.92. The van der Waals surface area contributed by atoms with Gasteiger partial charge >= 0.3 is 5.69 Å². The first-order chi connectivity index (χ1) is 7.74.